The molecular formula is C12H19N3. The fourth-order valence-electron chi connectivity index (χ4n) is 2.30. The zero-order valence-corrected chi connectivity index (χ0v) is 9.26. The molecule has 82 valence electrons. The molecule has 3 nitrogen and oxygen atoms in total. The molecule has 1 aromatic heterocycles. The van der Waals surface area contributed by atoms with Gasteiger partial charge in [0.15, 0.2) is 0 Å². The Hall–Kier alpha value is -1.09. The van der Waals surface area contributed by atoms with Gasteiger partial charge in [-0.2, -0.15) is 0 Å². The quantitative estimate of drug-likeness (QED) is 0.798. The molecule has 1 aliphatic heterocycles. The van der Waals surface area contributed by atoms with E-state index in [1.807, 2.05) is 18.3 Å². The number of hydrogen-bond donors (Lipinski definition) is 1. The van der Waals surface area contributed by atoms with Crippen LogP contribution in [0.1, 0.15) is 19.8 Å². The van der Waals surface area contributed by atoms with Crippen molar-refractivity contribution in [3.8, 4) is 0 Å². The van der Waals surface area contributed by atoms with Gasteiger partial charge < -0.3 is 10.6 Å². The van der Waals surface area contributed by atoms with Crippen LogP contribution in [0.15, 0.2) is 24.4 Å². The molecular weight excluding hydrogens is 186 g/mol. The lowest BCUT2D eigenvalue weighted by molar-refractivity contribution is 0.365. The molecule has 1 aromatic rings. The van der Waals surface area contributed by atoms with Gasteiger partial charge in [-0.3, -0.25) is 0 Å². The van der Waals surface area contributed by atoms with Gasteiger partial charge in [-0.15, -0.1) is 0 Å². The predicted octanol–water partition coefficient (Wildman–Crippen LogP) is 1.65. The minimum absolute atomic E-state index is 0.462. The summed E-state index contributed by atoms with van der Waals surface area (Å²) < 4.78 is 0. The lowest BCUT2D eigenvalue weighted by Gasteiger charge is -2.38. The minimum atomic E-state index is 0.462. The van der Waals surface area contributed by atoms with Gasteiger partial charge in [0.25, 0.3) is 0 Å². The lowest BCUT2D eigenvalue weighted by Crippen LogP contribution is -2.46. The number of nitrogens with two attached hydrogens (primary N) is 1. The maximum Gasteiger partial charge on any atom is 0.128 e. The SMILES string of the molecule is CC1CCN(c2ccccn2)C(CN)C1. The van der Waals surface area contributed by atoms with Gasteiger partial charge in [-0.25, -0.2) is 4.98 Å². The fourth-order valence-corrected chi connectivity index (χ4v) is 2.30. The number of nitrogens with zero attached hydrogens (tertiary/aromatic N) is 2. The smallest absolute Gasteiger partial charge is 0.128 e. The van der Waals surface area contributed by atoms with Crippen LogP contribution in [0, 0.1) is 5.92 Å². The zero-order chi connectivity index (χ0) is 10.7. The first-order valence-electron chi connectivity index (χ1n) is 5.69. The Morgan fingerprint density at radius 1 is 1.53 bits per heavy atom. The monoisotopic (exact) mass is 205 g/mol. The van der Waals surface area contributed by atoms with Gasteiger partial charge in [0.1, 0.15) is 5.82 Å². The maximum absolute atomic E-state index is 5.82. The lowest BCUT2D eigenvalue weighted by atomic mass is 9.92. The molecule has 2 N–H and O–H groups in total. The first kappa shape index (κ1) is 10.4. The third-order valence-electron chi connectivity index (χ3n) is 3.19. The normalized spacial score (nSPS) is 26.7. The van der Waals surface area contributed by atoms with Crippen LogP contribution < -0.4 is 10.6 Å². The van der Waals surface area contributed by atoms with E-state index in [1.165, 1.54) is 12.8 Å². The second-order valence-corrected chi connectivity index (χ2v) is 4.40. The number of anilines is 1. The van der Waals surface area contributed by atoms with Gasteiger partial charge >= 0.3 is 0 Å². The number of aromatic nitrogens is 1. The van der Waals surface area contributed by atoms with Gasteiger partial charge in [0.05, 0.1) is 0 Å². The van der Waals surface area contributed by atoms with E-state index in [9.17, 15) is 0 Å². The highest BCUT2D eigenvalue weighted by atomic mass is 15.2. The summed E-state index contributed by atoms with van der Waals surface area (Å²) in [5, 5.41) is 0. The van der Waals surface area contributed by atoms with Crippen LogP contribution in [0.5, 0.6) is 0 Å². The topological polar surface area (TPSA) is 42.2 Å². The summed E-state index contributed by atoms with van der Waals surface area (Å²) in [5.41, 5.74) is 5.82. The number of piperidine rings is 1. The van der Waals surface area contributed by atoms with Crippen molar-refractivity contribution in [2.75, 3.05) is 18.0 Å². The molecule has 0 aromatic carbocycles. The van der Waals surface area contributed by atoms with E-state index >= 15 is 0 Å². The fraction of sp³-hybridized carbons (Fsp3) is 0.583. The Labute approximate surface area is 91.3 Å². The Kier molecular flexibility index (Phi) is 3.21. The molecule has 0 radical (unpaired) electrons. The molecule has 2 atom stereocenters. The molecule has 0 aliphatic carbocycles. The summed E-state index contributed by atoms with van der Waals surface area (Å²) in [4.78, 5) is 6.74. The molecule has 1 saturated heterocycles. The highest BCUT2D eigenvalue weighted by Crippen LogP contribution is 2.25. The Morgan fingerprint density at radius 3 is 3.07 bits per heavy atom. The van der Waals surface area contributed by atoms with Gasteiger partial charge in [0.2, 0.25) is 0 Å². The van der Waals surface area contributed by atoms with Crippen molar-refractivity contribution in [1.29, 1.82) is 0 Å². The second-order valence-electron chi connectivity index (χ2n) is 4.40. The third kappa shape index (κ3) is 2.29. The molecule has 0 amide bonds. The van der Waals surface area contributed by atoms with Gasteiger partial charge in [-0.1, -0.05) is 13.0 Å². The minimum Gasteiger partial charge on any atom is -0.352 e. The van der Waals surface area contributed by atoms with Crippen LogP contribution >= 0.6 is 0 Å². The highest BCUT2D eigenvalue weighted by molar-refractivity contribution is 5.39. The first-order valence-corrected chi connectivity index (χ1v) is 5.69. The van der Waals surface area contributed by atoms with Crippen LogP contribution in [0.4, 0.5) is 5.82 Å². The van der Waals surface area contributed by atoms with Crippen molar-refractivity contribution in [3.63, 3.8) is 0 Å². The molecule has 0 spiro atoms. The molecule has 0 saturated carbocycles. The van der Waals surface area contributed by atoms with Crippen molar-refractivity contribution in [1.82, 2.24) is 4.98 Å². The average Bonchev–Trinajstić information content (AvgIpc) is 2.30. The Morgan fingerprint density at radius 2 is 2.40 bits per heavy atom. The predicted molar refractivity (Wildman–Crippen MR) is 62.8 cm³/mol. The van der Waals surface area contributed by atoms with Gasteiger partial charge in [-0.05, 0) is 30.9 Å². The van der Waals surface area contributed by atoms with Crippen LogP contribution in [0.25, 0.3) is 0 Å². The van der Waals surface area contributed by atoms with E-state index in [1.54, 1.807) is 0 Å². The third-order valence-corrected chi connectivity index (χ3v) is 3.19. The molecule has 15 heavy (non-hydrogen) atoms. The van der Waals surface area contributed by atoms with E-state index < -0.39 is 0 Å². The van der Waals surface area contributed by atoms with Crippen molar-refractivity contribution in [2.24, 2.45) is 11.7 Å². The zero-order valence-electron chi connectivity index (χ0n) is 9.26. The molecule has 2 heterocycles. The van der Waals surface area contributed by atoms with Crippen molar-refractivity contribution in [2.45, 2.75) is 25.8 Å². The van der Waals surface area contributed by atoms with E-state index in [0.29, 0.717) is 6.04 Å². The molecule has 1 aliphatic rings. The van der Waals surface area contributed by atoms with E-state index in [-0.39, 0.29) is 0 Å². The molecule has 2 unspecified atom stereocenters. The number of rotatable bonds is 2. The summed E-state index contributed by atoms with van der Waals surface area (Å²) in [6.45, 7) is 4.11. The summed E-state index contributed by atoms with van der Waals surface area (Å²) in [6.07, 6.45) is 4.28. The molecule has 1 fully saturated rings. The summed E-state index contributed by atoms with van der Waals surface area (Å²) in [7, 11) is 0. The van der Waals surface area contributed by atoms with Gasteiger partial charge in [0, 0.05) is 25.3 Å². The van der Waals surface area contributed by atoms with E-state index in [0.717, 1.165) is 24.8 Å². The second kappa shape index (κ2) is 4.62. The largest absolute Gasteiger partial charge is 0.352 e. The molecule has 0 bridgehead atoms. The van der Waals surface area contributed by atoms with Crippen molar-refractivity contribution < 1.29 is 0 Å². The summed E-state index contributed by atoms with van der Waals surface area (Å²) in [6, 6.07) is 6.52. The molecule has 2 rings (SSSR count). The van der Waals surface area contributed by atoms with Crippen LogP contribution in [-0.2, 0) is 0 Å². The van der Waals surface area contributed by atoms with Crippen LogP contribution in [0.2, 0.25) is 0 Å². The van der Waals surface area contributed by atoms with Crippen molar-refractivity contribution in [3.05, 3.63) is 24.4 Å². The Balaban J connectivity index is 2.14. The first-order chi connectivity index (χ1) is 7.31. The number of hydrogen-bond acceptors (Lipinski definition) is 3. The standard InChI is InChI=1S/C12H19N3/c1-10-5-7-15(11(8-10)9-13)12-4-2-3-6-14-12/h2-4,6,10-11H,5,7-9,13H2,1H3. The van der Waals surface area contributed by atoms with Crippen LogP contribution in [-0.4, -0.2) is 24.1 Å². The van der Waals surface area contributed by atoms with E-state index in [4.69, 9.17) is 5.73 Å². The highest BCUT2D eigenvalue weighted by Gasteiger charge is 2.25. The Bertz CT molecular complexity index is 299. The molecule has 3 heteroatoms. The van der Waals surface area contributed by atoms with Crippen LogP contribution in [0.3, 0.4) is 0 Å². The van der Waals surface area contributed by atoms with E-state index in [2.05, 4.69) is 22.9 Å². The summed E-state index contributed by atoms with van der Waals surface area (Å²) in [5.74, 6) is 1.86. The maximum atomic E-state index is 5.82. The number of pyridine rings is 1. The van der Waals surface area contributed by atoms with Crippen molar-refractivity contribution >= 4 is 5.82 Å². The average molecular weight is 205 g/mol. The summed E-state index contributed by atoms with van der Waals surface area (Å²) >= 11 is 0.